The summed E-state index contributed by atoms with van der Waals surface area (Å²) in [7, 11) is 0. The first-order valence-electron chi connectivity index (χ1n) is 5.07. The minimum atomic E-state index is -0.746. The molecule has 0 bridgehead atoms. The van der Waals surface area contributed by atoms with Gasteiger partial charge in [0.2, 0.25) is 0 Å². The maximum atomic E-state index is 13.6. The molecule has 7 heteroatoms. The Bertz CT molecular complexity index is 737. The van der Waals surface area contributed by atoms with E-state index in [1.165, 1.54) is 12.4 Å². The number of nitrogens with two attached hydrogens (primary N) is 1. The second kappa shape index (κ2) is 3.73. The zero-order chi connectivity index (χ0) is 12.7. The van der Waals surface area contributed by atoms with E-state index in [0.717, 1.165) is 12.1 Å². The summed E-state index contributed by atoms with van der Waals surface area (Å²) < 4.78 is 26.4. The van der Waals surface area contributed by atoms with Crippen LogP contribution in [0.2, 0.25) is 0 Å². The van der Waals surface area contributed by atoms with E-state index < -0.39 is 11.6 Å². The van der Waals surface area contributed by atoms with Crippen molar-refractivity contribution < 1.29 is 8.78 Å². The third-order valence-corrected chi connectivity index (χ3v) is 2.49. The zero-order valence-electron chi connectivity index (χ0n) is 8.98. The molecule has 2 aromatic heterocycles. The number of benzene rings is 1. The molecule has 3 aromatic rings. The van der Waals surface area contributed by atoms with Crippen LogP contribution in [0.1, 0.15) is 0 Å². The SMILES string of the molecule is Nc1nc(-c2ccc(F)cc2F)nc2nc[nH]c12. The number of rotatable bonds is 1. The Morgan fingerprint density at radius 3 is 2.78 bits per heavy atom. The minimum absolute atomic E-state index is 0.0737. The maximum absolute atomic E-state index is 13.6. The summed E-state index contributed by atoms with van der Waals surface area (Å²) in [5, 5.41) is 0. The van der Waals surface area contributed by atoms with Gasteiger partial charge in [-0.05, 0) is 12.1 Å². The topological polar surface area (TPSA) is 80.5 Å². The van der Waals surface area contributed by atoms with E-state index in [1.807, 2.05) is 0 Å². The fourth-order valence-corrected chi connectivity index (χ4v) is 1.65. The van der Waals surface area contributed by atoms with E-state index in [2.05, 4.69) is 19.9 Å². The van der Waals surface area contributed by atoms with E-state index in [-0.39, 0.29) is 17.2 Å². The highest BCUT2D eigenvalue weighted by Gasteiger charge is 2.13. The number of nitrogens with zero attached hydrogens (tertiary/aromatic N) is 3. The molecule has 18 heavy (non-hydrogen) atoms. The number of imidazole rings is 1. The molecule has 0 aliphatic rings. The Balaban J connectivity index is 2.24. The number of nitrogens with one attached hydrogen (secondary N) is 1. The van der Waals surface area contributed by atoms with Gasteiger partial charge in [-0.15, -0.1) is 0 Å². The summed E-state index contributed by atoms with van der Waals surface area (Å²) in [6.45, 7) is 0. The van der Waals surface area contributed by atoms with E-state index >= 15 is 0 Å². The fraction of sp³-hybridized carbons (Fsp3) is 0. The normalized spacial score (nSPS) is 11.0. The molecule has 0 spiro atoms. The Kier molecular flexibility index (Phi) is 2.19. The molecule has 3 N–H and O–H groups in total. The number of anilines is 1. The lowest BCUT2D eigenvalue weighted by molar-refractivity contribution is 0.585. The van der Waals surface area contributed by atoms with Gasteiger partial charge in [-0.3, -0.25) is 0 Å². The molecule has 1 aromatic carbocycles. The van der Waals surface area contributed by atoms with Gasteiger partial charge in [0.05, 0.1) is 11.9 Å². The molecule has 0 amide bonds. The summed E-state index contributed by atoms with van der Waals surface area (Å²) >= 11 is 0. The summed E-state index contributed by atoms with van der Waals surface area (Å²) in [5.74, 6) is -1.17. The smallest absolute Gasteiger partial charge is 0.183 e. The van der Waals surface area contributed by atoms with Crippen molar-refractivity contribution in [1.29, 1.82) is 0 Å². The van der Waals surface area contributed by atoms with Crippen LogP contribution in [0.4, 0.5) is 14.6 Å². The number of nitrogen functional groups attached to an aromatic ring is 1. The van der Waals surface area contributed by atoms with Gasteiger partial charge in [-0.2, -0.15) is 0 Å². The highest BCUT2D eigenvalue weighted by molar-refractivity contribution is 5.83. The van der Waals surface area contributed by atoms with Crippen LogP contribution >= 0.6 is 0 Å². The molecule has 2 heterocycles. The van der Waals surface area contributed by atoms with Crippen LogP contribution in [0.15, 0.2) is 24.5 Å². The second-order valence-electron chi connectivity index (χ2n) is 3.66. The van der Waals surface area contributed by atoms with Gasteiger partial charge in [0.1, 0.15) is 17.2 Å². The zero-order valence-corrected chi connectivity index (χ0v) is 8.98. The lowest BCUT2D eigenvalue weighted by atomic mass is 10.2. The molecule has 5 nitrogen and oxygen atoms in total. The predicted octanol–water partition coefficient (Wildman–Crippen LogP) is 1.88. The number of hydrogen-bond acceptors (Lipinski definition) is 4. The third-order valence-electron chi connectivity index (χ3n) is 2.49. The number of aromatic nitrogens is 4. The maximum Gasteiger partial charge on any atom is 0.183 e. The van der Waals surface area contributed by atoms with Gasteiger partial charge in [0.15, 0.2) is 17.3 Å². The lowest BCUT2D eigenvalue weighted by Crippen LogP contribution is -1.99. The second-order valence-corrected chi connectivity index (χ2v) is 3.66. The highest BCUT2D eigenvalue weighted by Crippen LogP contribution is 2.23. The molecule has 0 saturated carbocycles. The third kappa shape index (κ3) is 1.56. The van der Waals surface area contributed by atoms with E-state index in [9.17, 15) is 8.78 Å². The van der Waals surface area contributed by atoms with Gasteiger partial charge in [0, 0.05) is 6.07 Å². The lowest BCUT2D eigenvalue weighted by Gasteiger charge is -2.03. The van der Waals surface area contributed by atoms with Crippen LogP contribution in [0.5, 0.6) is 0 Å². The predicted molar refractivity (Wildman–Crippen MR) is 61.4 cm³/mol. The number of aromatic amines is 1. The van der Waals surface area contributed by atoms with Gasteiger partial charge in [0.25, 0.3) is 0 Å². The number of H-pyrrole nitrogens is 1. The van der Waals surface area contributed by atoms with Crippen molar-refractivity contribution >= 4 is 17.0 Å². The van der Waals surface area contributed by atoms with Gasteiger partial charge >= 0.3 is 0 Å². The average Bonchev–Trinajstić information content (AvgIpc) is 2.77. The Morgan fingerprint density at radius 1 is 1.17 bits per heavy atom. The first-order valence-corrected chi connectivity index (χ1v) is 5.07. The first kappa shape index (κ1) is 10.6. The molecule has 0 atom stereocenters. The van der Waals surface area contributed by atoms with Crippen molar-refractivity contribution in [2.75, 3.05) is 5.73 Å². The van der Waals surface area contributed by atoms with Gasteiger partial charge in [-0.25, -0.2) is 23.7 Å². The van der Waals surface area contributed by atoms with Crippen LogP contribution in [-0.4, -0.2) is 19.9 Å². The van der Waals surface area contributed by atoms with Crippen LogP contribution < -0.4 is 5.73 Å². The Morgan fingerprint density at radius 2 is 2.00 bits per heavy atom. The van der Waals surface area contributed by atoms with E-state index in [1.54, 1.807) is 0 Å². The van der Waals surface area contributed by atoms with Gasteiger partial charge in [-0.1, -0.05) is 0 Å². The van der Waals surface area contributed by atoms with Crippen molar-refractivity contribution in [1.82, 2.24) is 19.9 Å². The molecule has 0 unspecified atom stereocenters. The molecular weight excluding hydrogens is 240 g/mol. The molecule has 0 fully saturated rings. The summed E-state index contributed by atoms with van der Waals surface area (Å²) in [5.41, 5.74) is 6.60. The van der Waals surface area contributed by atoms with Crippen LogP contribution in [-0.2, 0) is 0 Å². The van der Waals surface area contributed by atoms with Crippen molar-refractivity contribution in [2.24, 2.45) is 0 Å². The summed E-state index contributed by atoms with van der Waals surface area (Å²) in [6, 6.07) is 3.16. The van der Waals surface area contributed by atoms with E-state index in [4.69, 9.17) is 5.73 Å². The van der Waals surface area contributed by atoms with E-state index in [0.29, 0.717) is 11.2 Å². The van der Waals surface area contributed by atoms with Gasteiger partial charge < -0.3 is 10.7 Å². The molecule has 0 aliphatic carbocycles. The molecule has 0 aliphatic heterocycles. The van der Waals surface area contributed by atoms with Crippen LogP contribution in [0.3, 0.4) is 0 Å². The van der Waals surface area contributed by atoms with Crippen molar-refractivity contribution in [2.45, 2.75) is 0 Å². The summed E-state index contributed by atoms with van der Waals surface area (Å²) in [6.07, 6.45) is 1.42. The average molecular weight is 247 g/mol. The van der Waals surface area contributed by atoms with Crippen LogP contribution in [0.25, 0.3) is 22.6 Å². The standard InChI is InChI=1S/C11H7F2N5/c12-5-1-2-6(7(13)3-5)10-17-9(14)8-11(18-10)16-4-15-8/h1-4H,(H3,14,15,16,17,18). The fourth-order valence-electron chi connectivity index (χ4n) is 1.65. The van der Waals surface area contributed by atoms with Crippen molar-refractivity contribution in [3.05, 3.63) is 36.2 Å². The molecule has 3 rings (SSSR count). The quantitative estimate of drug-likeness (QED) is 0.688. The minimum Gasteiger partial charge on any atom is -0.382 e. The Hall–Kier alpha value is -2.57. The molecule has 0 saturated heterocycles. The monoisotopic (exact) mass is 247 g/mol. The number of hydrogen-bond donors (Lipinski definition) is 2. The first-order chi connectivity index (χ1) is 8.65. The Labute approximate surface area is 99.7 Å². The largest absolute Gasteiger partial charge is 0.382 e. The molecular formula is C11H7F2N5. The van der Waals surface area contributed by atoms with Crippen LogP contribution in [0, 0.1) is 11.6 Å². The number of halogens is 2. The summed E-state index contributed by atoms with van der Waals surface area (Å²) in [4.78, 5) is 14.7. The van der Waals surface area contributed by atoms with Crippen molar-refractivity contribution in [3.8, 4) is 11.4 Å². The van der Waals surface area contributed by atoms with Crippen molar-refractivity contribution in [3.63, 3.8) is 0 Å². The highest BCUT2D eigenvalue weighted by atomic mass is 19.1. The number of fused-ring (bicyclic) bond motifs is 1. The molecule has 0 radical (unpaired) electrons. The molecule has 90 valence electrons.